The molecule has 8 heteroatoms. The first-order valence-electron chi connectivity index (χ1n) is 7.34. The van der Waals surface area contributed by atoms with E-state index >= 15 is 0 Å². The number of thioether (sulfide) groups is 1. The summed E-state index contributed by atoms with van der Waals surface area (Å²) in [5.41, 5.74) is 1.73. The second kappa shape index (κ2) is 6.78. The maximum Gasteiger partial charge on any atom is 0.257 e. The van der Waals surface area contributed by atoms with Crippen LogP contribution < -0.4 is 10.9 Å². The highest BCUT2D eigenvalue weighted by Gasteiger charge is 2.28. The molecule has 1 aromatic carbocycles. The quantitative estimate of drug-likeness (QED) is 0.817. The lowest BCUT2D eigenvalue weighted by Crippen LogP contribution is -2.29. The van der Waals surface area contributed by atoms with Crippen molar-refractivity contribution in [3.05, 3.63) is 49.9 Å². The number of rotatable bonds is 3. The normalized spacial score (nSPS) is 16.1. The van der Waals surface area contributed by atoms with Crippen LogP contribution in [0.4, 0.5) is 5.69 Å². The van der Waals surface area contributed by atoms with Crippen LogP contribution in [0.2, 0.25) is 10.0 Å². The molecule has 2 heterocycles. The fraction of sp³-hybridized carbons (Fsp3) is 0.312. The Balaban J connectivity index is 1.80. The lowest BCUT2D eigenvalue weighted by Gasteiger charge is -2.15. The number of nitrogens with one attached hydrogen (secondary N) is 1. The van der Waals surface area contributed by atoms with Gasteiger partial charge >= 0.3 is 0 Å². The van der Waals surface area contributed by atoms with Gasteiger partial charge in [-0.1, -0.05) is 35.0 Å². The molecule has 0 spiro atoms. The van der Waals surface area contributed by atoms with Crippen molar-refractivity contribution in [1.82, 2.24) is 9.55 Å². The Labute approximate surface area is 153 Å². The Morgan fingerprint density at radius 3 is 2.92 bits per heavy atom. The van der Waals surface area contributed by atoms with E-state index in [1.54, 1.807) is 29.7 Å². The summed E-state index contributed by atoms with van der Waals surface area (Å²) in [6.07, 6.45) is 0.174. The highest BCUT2D eigenvalue weighted by molar-refractivity contribution is 7.99. The molecule has 2 aromatic rings. The lowest BCUT2D eigenvalue weighted by atomic mass is 10.2. The summed E-state index contributed by atoms with van der Waals surface area (Å²) < 4.78 is 1.62. The smallest absolute Gasteiger partial charge is 0.257 e. The van der Waals surface area contributed by atoms with Gasteiger partial charge in [0.15, 0.2) is 5.16 Å². The van der Waals surface area contributed by atoms with Crippen molar-refractivity contribution < 1.29 is 4.79 Å². The second-order valence-corrected chi connectivity index (χ2v) is 7.45. The van der Waals surface area contributed by atoms with Crippen molar-refractivity contribution in [2.24, 2.45) is 0 Å². The van der Waals surface area contributed by atoms with E-state index in [1.807, 2.05) is 6.92 Å². The average Bonchev–Trinajstić information content (AvgIpc) is 2.91. The van der Waals surface area contributed by atoms with Gasteiger partial charge in [0, 0.05) is 28.5 Å². The van der Waals surface area contributed by atoms with E-state index in [4.69, 9.17) is 23.2 Å². The zero-order valence-electron chi connectivity index (χ0n) is 13.1. The number of amides is 1. The highest BCUT2D eigenvalue weighted by Crippen LogP contribution is 2.33. The molecule has 0 aliphatic carbocycles. The van der Waals surface area contributed by atoms with E-state index in [-0.39, 0.29) is 23.9 Å². The molecule has 3 rings (SSSR count). The van der Waals surface area contributed by atoms with Gasteiger partial charge in [-0.25, -0.2) is 4.98 Å². The molecular formula is C16H15Cl2N3O2S. The maximum absolute atomic E-state index is 12.5. The summed E-state index contributed by atoms with van der Waals surface area (Å²) >= 11 is 13.5. The van der Waals surface area contributed by atoms with Crippen LogP contribution >= 0.6 is 35.0 Å². The molecule has 1 N–H and O–H groups in total. The van der Waals surface area contributed by atoms with Crippen LogP contribution in [0.1, 0.15) is 23.7 Å². The third-order valence-corrected chi connectivity index (χ3v) is 5.61. The Morgan fingerprint density at radius 2 is 2.17 bits per heavy atom. The predicted molar refractivity (Wildman–Crippen MR) is 97.4 cm³/mol. The van der Waals surface area contributed by atoms with Crippen LogP contribution in [0.5, 0.6) is 0 Å². The summed E-state index contributed by atoms with van der Waals surface area (Å²) in [4.78, 5) is 29.3. The number of halogens is 2. The van der Waals surface area contributed by atoms with Crippen molar-refractivity contribution in [3.63, 3.8) is 0 Å². The van der Waals surface area contributed by atoms with Gasteiger partial charge < -0.3 is 5.32 Å². The second-order valence-electron chi connectivity index (χ2n) is 5.62. The van der Waals surface area contributed by atoms with Gasteiger partial charge in [-0.3, -0.25) is 14.2 Å². The molecule has 1 atom stereocenters. The van der Waals surface area contributed by atoms with Crippen LogP contribution in [-0.2, 0) is 4.79 Å². The third-order valence-electron chi connectivity index (χ3n) is 3.95. The number of nitrogens with zero attached hydrogens (tertiary/aromatic N) is 2. The number of aromatic nitrogens is 2. The Hall–Kier alpha value is -1.50. The Kier molecular flexibility index (Phi) is 4.90. The van der Waals surface area contributed by atoms with Crippen molar-refractivity contribution in [1.29, 1.82) is 0 Å². The molecule has 0 saturated heterocycles. The van der Waals surface area contributed by atoms with Crippen LogP contribution in [0, 0.1) is 13.8 Å². The third kappa shape index (κ3) is 3.31. The van der Waals surface area contributed by atoms with Crippen LogP contribution in [0.3, 0.4) is 0 Å². The monoisotopic (exact) mass is 383 g/mol. The number of fused-ring (bicyclic) bond motifs is 1. The molecule has 24 heavy (non-hydrogen) atoms. The standard InChI is InChI=1S/C16H15Cl2N3O2S/c1-8-9(2)19-16-21(15(8)23)11(7-24-16)6-14(22)20-13-5-10(17)3-4-12(13)18/h3-5,11H,6-7H2,1-2H3,(H,20,22). The topological polar surface area (TPSA) is 64.0 Å². The van der Waals surface area contributed by atoms with E-state index in [9.17, 15) is 9.59 Å². The van der Waals surface area contributed by atoms with Crippen molar-refractivity contribution in [3.8, 4) is 0 Å². The fourth-order valence-electron chi connectivity index (χ4n) is 2.53. The summed E-state index contributed by atoms with van der Waals surface area (Å²) in [5, 5.41) is 4.33. The summed E-state index contributed by atoms with van der Waals surface area (Å²) in [6, 6.07) is 4.66. The molecule has 5 nitrogen and oxygen atoms in total. The van der Waals surface area contributed by atoms with Gasteiger partial charge in [0.05, 0.1) is 16.8 Å². The van der Waals surface area contributed by atoms with Crippen molar-refractivity contribution in [2.75, 3.05) is 11.1 Å². The summed E-state index contributed by atoms with van der Waals surface area (Å²) in [5.74, 6) is 0.421. The molecule has 0 saturated carbocycles. The van der Waals surface area contributed by atoms with Gasteiger partial charge in [-0.2, -0.15) is 0 Å². The molecule has 0 bridgehead atoms. The molecule has 0 fully saturated rings. The first-order valence-corrected chi connectivity index (χ1v) is 9.08. The zero-order valence-corrected chi connectivity index (χ0v) is 15.4. The number of carbonyl (C=O) groups excluding carboxylic acids is 1. The molecule has 1 unspecified atom stereocenters. The molecular weight excluding hydrogens is 369 g/mol. The Morgan fingerprint density at radius 1 is 1.42 bits per heavy atom. The van der Waals surface area contributed by atoms with Crippen LogP contribution in [-0.4, -0.2) is 21.2 Å². The number of benzene rings is 1. The number of anilines is 1. The molecule has 1 amide bonds. The predicted octanol–water partition coefficient (Wildman–Crippen LogP) is 3.84. The average molecular weight is 384 g/mol. The van der Waals surface area contributed by atoms with Gasteiger partial charge in [-0.15, -0.1) is 0 Å². The number of carbonyl (C=O) groups is 1. The Bertz CT molecular complexity index is 882. The van der Waals surface area contributed by atoms with E-state index in [0.717, 1.165) is 5.69 Å². The number of aryl methyl sites for hydroxylation is 1. The van der Waals surface area contributed by atoms with Crippen LogP contribution in [0.15, 0.2) is 28.2 Å². The lowest BCUT2D eigenvalue weighted by molar-refractivity contribution is -0.116. The number of hydrogen-bond donors (Lipinski definition) is 1. The zero-order chi connectivity index (χ0) is 17.4. The molecule has 1 aliphatic rings. The molecule has 1 aliphatic heterocycles. The van der Waals surface area contributed by atoms with Crippen molar-refractivity contribution >= 4 is 46.6 Å². The minimum absolute atomic E-state index is 0.0823. The van der Waals surface area contributed by atoms with Gasteiger partial charge in [0.25, 0.3) is 5.56 Å². The van der Waals surface area contributed by atoms with E-state index < -0.39 is 0 Å². The van der Waals surface area contributed by atoms with Crippen LogP contribution in [0.25, 0.3) is 0 Å². The largest absolute Gasteiger partial charge is 0.325 e. The maximum atomic E-state index is 12.5. The SMILES string of the molecule is Cc1nc2n(c(=O)c1C)C(CC(=O)Nc1cc(Cl)ccc1Cl)CS2. The minimum atomic E-state index is -0.220. The summed E-state index contributed by atoms with van der Waals surface area (Å²) in [6.45, 7) is 3.57. The minimum Gasteiger partial charge on any atom is -0.325 e. The van der Waals surface area contributed by atoms with E-state index in [0.29, 0.717) is 32.2 Å². The first-order chi connectivity index (χ1) is 11.4. The van der Waals surface area contributed by atoms with E-state index in [2.05, 4.69) is 10.3 Å². The van der Waals surface area contributed by atoms with Gasteiger partial charge in [-0.05, 0) is 32.0 Å². The fourth-order valence-corrected chi connectivity index (χ4v) is 4.05. The van der Waals surface area contributed by atoms with E-state index in [1.165, 1.54) is 11.8 Å². The van der Waals surface area contributed by atoms with Gasteiger partial charge in [0.2, 0.25) is 5.91 Å². The molecule has 126 valence electrons. The van der Waals surface area contributed by atoms with Crippen molar-refractivity contribution in [2.45, 2.75) is 31.5 Å². The molecule has 0 radical (unpaired) electrons. The molecule has 1 aromatic heterocycles. The number of hydrogen-bond acceptors (Lipinski definition) is 4. The summed E-state index contributed by atoms with van der Waals surface area (Å²) in [7, 11) is 0. The first kappa shape index (κ1) is 17.3. The van der Waals surface area contributed by atoms with Gasteiger partial charge in [0.1, 0.15) is 0 Å². The highest BCUT2D eigenvalue weighted by atomic mass is 35.5.